The van der Waals surface area contributed by atoms with E-state index in [0.717, 1.165) is 24.6 Å². The van der Waals surface area contributed by atoms with E-state index >= 15 is 0 Å². The van der Waals surface area contributed by atoms with Crippen LogP contribution in [0.1, 0.15) is 16.1 Å². The van der Waals surface area contributed by atoms with Gasteiger partial charge in [0.25, 0.3) is 11.5 Å². The number of nitrogens with zero attached hydrogens (tertiary/aromatic N) is 4. The molecule has 0 aromatic carbocycles. The van der Waals surface area contributed by atoms with Crippen LogP contribution in [0.25, 0.3) is 0 Å². The van der Waals surface area contributed by atoms with Crippen molar-refractivity contribution < 1.29 is 4.79 Å². The summed E-state index contributed by atoms with van der Waals surface area (Å²) in [4.78, 5) is 39.5. The fraction of sp³-hybridized carbons (Fsp3) is 0.412. The summed E-state index contributed by atoms with van der Waals surface area (Å²) in [5.74, 6) is 1.63. The summed E-state index contributed by atoms with van der Waals surface area (Å²) < 4.78 is 0. The molecular weight excluding hydrogens is 306 g/mol. The van der Waals surface area contributed by atoms with Crippen molar-refractivity contribution in [1.29, 1.82) is 0 Å². The van der Waals surface area contributed by atoms with E-state index in [1.54, 1.807) is 24.7 Å². The molecule has 0 radical (unpaired) electrons. The summed E-state index contributed by atoms with van der Waals surface area (Å²) in [6, 6.07) is 5.27. The summed E-state index contributed by atoms with van der Waals surface area (Å²) in [5.41, 5.74) is 0.857. The Morgan fingerprint density at radius 3 is 2.62 bits per heavy atom. The number of likely N-dealkylation sites (tertiary alicyclic amines) is 1. The molecule has 2 aromatic heterocycles. The Hall–Kier alpha value is -2.70. The highest BCUT2D eigenvalue weighted by atomic mass is 16.2. The van der Waals surface area contributed by atoms with Gasteiger partial charge in [0.05, 0.1) is 0 Å². The molecule has 2 saturated heterocycles. The van der Waals surface area contributed by atoms with Crippen LogP contribution in [-0.2, 0) is 0 Å². The van der Waals surface area contributed by atoms with E-state index in [1.807, 2.05) is 17.9 Å². The molecule has 2 atom stereocenters. The van der Waals surface area contributed by atoms with Gasteiger partial charge in [-0.25, -0.2) is 9.97 Å². The maximum Gasteiger partial charge on any atom is 0.260 e. The molecule has 124 valence electrons. The number of anilines is 1. The number of carbonyl (C=O) groups excluding carboxylic acids is 1. The van der Waals surface area contributed by atoms with Gasteiger partial charge < -0.3 is 14.8 Å². The quantitative estimate of drug-likeness (QED) is 0.878. The first-order chi connectivity index (χ1) is 11.6. The maximum absolute atomic E-state index is 12.6. The van der Waals surface area contributed by atoms with E-state index in [4.69, 9.17) is 0 Å². The van der Waals surface area contributed by atoms with Crippen molar-refractivity contribution in [3.63, 3.8) is 0 Å². The number of hydrogen-bond donors (Lipinski definition) is 1. The highest BCUT2D eigenvalue weighted by molar-refractivity contribution is 5.94. The Morgan fingerprint density at radius 2 is 1.96 bits per heavy atom. The third-order valence-corrected chi connectivity index (χ3v) is 4.94. The van der Waals surface area contributed by atoms with Crippen molar-refractivity contribution in [2.45, 2.75) is 6.92 Å². The summed E-state index contributed by atoms with van der Waals surface area (Å²) >= 11 is 0. The molecule has 2 aromatic rings. The summed E-state index contributed by atoms with van der Waals surface area (Å²) in [6.07, 6.45) is 3.13. The first kappa shape index (κ1) is 14.9. The van der Waals surface area contributed by atoms with Gasteiger partial charge >= 0.3 is 0 Å². The molecule has 7 nitrogen and oxygen atoms in total. The van der Waals surface area contributed by atoms with E-state index in [-0.39, 0.29) is 17.0 Å². The maximum atomic E-state index is 12.6. The zero-order chi connectivity index (χ0) is 16.7. The molecule has 7 heteroatoms. The number of pyridine rings is 1. The molecule has 1 amide bonds. The molecule has 1 N–H and O–H groups in total. The van der Waals surface area contributed by atoms with Crippen LogP contribution in [0.5, 0.6) is 0 Å². The highest BCUT2D eigenvalue weighted by Crippen LogP contribution is 2.33. The van der Waals surface area contributed by atoms with Gasteiger partial charge in [-0.05, 0) is 19.1 Å². The second-order valence-electron chi connectivity index (χ2n) is 6.57. The number of aryl methyl sites for hydroxylation is 1. The second kappa shape index (κ2) is 5.74. The van der Waals surface area contributed by atoms with Crippen LogP contribution in [0.15, 0.2) is 35.5 Å². The van der Waals surface area contributed by atoms with Crippen molar-refractivity contribution in [2.75, 3.05) is 31.1 Å². The average molecular weight is 325 g/mol. The summed E-state index contributed by atoms with van der Waals surface area (Å²) in [6.45, 7) is 5.11. The molecular formula is C17H19N5O2. The van der Waals surface area contributed by atoms with E-state index in [0.29, 0.717) is 24.9 Å². The number of hydrogen-bond acceptors (Lipinski definition) is 5. The van der Waals surface area contributed by atoms with Crippen LogP contribution < -0.4 is 10.5 Å². The Labute approximate surface area is 139 Å². The fourth-order valence-corrected chi connectivity index (χ4v) is 3.72. The lowest BCUT2D eigenvalue weighted by Crippen LogP contribution is -2.36. The molecule has 24 heavy (non-hydrogen) atoms. The number of nitrogens with one attached hydrogen (secondary N) is 1. The van der Waals surface area contributed by atoms with Gasteiger partial charge in [0.1, 0.15) is 17.7 Å². The number of aromatic nitrogens is 3. The number of fused-ring (bicyclic) bond motifs is 1. The first-order valence-corrected chi connectivity index (χ1v) is 8.12. The van der Waals surface area contributed by atoms with E-state index in [2.05, 4.69) is 19.9 Å². The van der Waals surface area contributed by atoms with Gasteiger partial charge in [0, 0.05) is 56.0 Å². The SMILES string of the molecule is Cc1cc(N2CC3CN(C(=O)c4ccc[nH]c4=O)CC3C2)ncn1. The Balaban J connectivity index is 1.46. The van der Waals surface area contributed by atoms with Crippen LogP contribution in [0, 0.1) is 18.8 Å². The van der Waals surface area contributed by atoms with Crippen molar-refractivity contribution in [3.8, 4) is 0 Å². The molecule has 0 aliphatic carbocycles. The number of H-pyrrole nitrogens is 1. The number of amides is 1. The second-order valence-corrected chi connectivity index (χ2v) is 6.57. The van der Waals surface area contributed by atoms with Crippen molar-refractivity contribution >= 4 is 11.7 Å². The smallest absolute Gasteiger partial charge is 0.260 e. The van der Waals surface area contributed by atoms with Crippen LogP contribution >= 0.6 is 0 Å². The number of aromatic amines is 1. The highest BCUT2D eigenvalue weighted by Gasteiger charge is 2.42. The van der Waals surface area contributed by atoms with Crippen LogP contribution in [0.3, 0.4) is 0 Å². The zero-order valence-corrected chi connectivity index (χ0v) is 13.5. The van der Waals surface area contributed by atoms with Gasteiger partial charge in [0.15, 0.2) is 0 Å². The number of carbonyl (C=O) groups is 1. The minimum absolute atomic E-state index is 0.171. The molecule has 2 unspecified atom stereocenters. The Bertz CT molecular complexity index is 819. The zero-order valence-electron chi connectivity index (χ0n) is 13.5. The lowest BCUT2D eigenvalue weighted by molar-refractivity contribution is 0.0781. The van der Waals surface area contributed by atoms with Crippen molar-refractivity contribution in [1.82, 2.24) is 19.9 Å². The third kappa shape index (κ3) is 2.55. The summed E-state index contributed by atoms with van der Waals surface area (Å²) in [7, 11) is 0. The largest absolute Gasteiger partial charge is 0.356 e. The normalized spacial score (nSPS) is 22.7. The Morgan fingerprint density at radius 1 is 1.21 bits per heavy atom. The predicted molar refractivity (Wildman–Crippen MR) is 88.9 cm³/mol. The van der Waals surface area contributed by atoms with Crippen LogP contribution in [0.2, 0.25) is 0 Å². The third-order valence-electron chi connectivity index (χ3n) is 4.94. The van der Waals surface area contributed by atoms with Gasteiger partial charge in [0.2, 0.25) is 0 Å². The molecule has 2 fully saturated rings. The standard InChI is InChI=1S/C17H19N5O2/c1-11-5-15(20-10-19-11)21-6-12-8-22(9-13(12)7-21)17(24)14-3-2-4-18-16(14)23/h2-5,10,12-13H,6-9H2,1H3,(H,18,23). The van der Waals surface area contributed by atoms with Gasteiger partial charge in [-0.3, -0.25) is 9.59 Å². The Kier molecular flexibility index (Phi) is 3.55. The van der Waals surface area contributed by atoms with Gasteiger partial charge in [-0.2, -0.15) is 0 Å². The molecule has 0 spiro atoms. The minimum Gasteiger partial charge on any atom is -0.356 e. The lowest BCUT2D eigenvalue weighted by Gasteiger charge is -2.22. The van der Waals surface area contributed by atoms with Gasteiger partial charge in [-0.1, -0.05) is 0 Å². The topological polar surface area (TPSA) is 82.2 Å². The van der Waals surface area contributed by atoms with Crippen LogP contribution in [0.4, 0.5) is 5.82 Å². The lowest BCUT2D eigenvalue weighted by atomic mass is 10.0. The monoisotopic (exact) mass is 325 g/mol. The summed E-state index contributed by atoms with van der Waals surface area (Å²) in [5, 5.41) is 0. The minimum atomic E-state index is -0.322. The van der Waals surface area contributed by atoms with E-state index < -0.39 is 0 Å². The van der Waals surface area contributed by atoms with Crippen molar-refractivity contribution in [2.24, 2.45) is 11.8 Å². The van der Waals surface area contributed by atoms with Crippen LogP contribution in [-0.4, -0.2) is 51.9 Å². The van der Waals surface area contributed by atoms with Gasteiger partial charge in [-0.15, -0.1) is 0 Å². The van der Waals surface area contributed by atoms with E-state index in [9.17, 15) is 9.59 Å². The molecule has 4 rings (SSSR count). The predicted octanol–water partition coefficient (Wildman–Crippen LogP) is 0.682. The van der Waals surface area contributed by atoms with Crippen molar-refractivity contribution in [3.05, 3.63) is 52.3 Å². The first-order valence-electron chi connectivity index (χ1n) is 8.12. The molecule has 0 saturated carbocycles. The number of rotatable bonds is 2. The fourth-order valence-electron chi connectivity index (χ4n) is 3.72. The molecule has 2 aliphatic rings. The van der Waals surface area contributed by atoms with E-state index in [1.165, 1.54) is 0 Å². The average Bonchev–Trinajstić information content (AvgIpc) is 3.13. The molecule has 4 heterocycles. The molecule has 2 aliphatic heterocycles. The molecule has 0 bridgehead atoms.